The van der Waals surface area contributed by atoms with E-state index in [1.54, 1.807) is 4.90 Å². The van der Waals surface area contributed by atoms with Crippen molar-refractivity contribution in [2.24, 2.45) is 0 Å². The zero-order chi connectivity index (χ0) is 16.9. The normalized spacial score (nSPS) is 15.8. The van der Waals surface area contributed by atoms with Gasteiger partial charge in [0.15, 0.2) is 6.61 Å². The predicted molar refractivity (Wildman–Crippen MR) is 87.3 cm³/mol. The summed E-state index contributed by atoms with van der Waals surface area (Å²) in [7, 11) is 0. The van der Waals surface area contributed by atoms with E-state index in [1.165, 1.54) is 5.56 Å². The standard InChI is InChI=1S/C18H24N2O3/c1-18(2,3)23-17(21)20-11-8-15(9-12-20)14-4-6-16(7-5-14)22-13-10-19/h4-7,15H,8-9,11-13H2,1-3H3. The van der Waals surface area contributed by atoms with E-state index in [4.69, 9.17) is 14.7 Å². The van der Waals surface area contributed by atoms with Gasteiger partial charge in [0.05, 0.1) is 0 Å². The molecule has 1 aliphatic rings. The van der Waals surface area contributed by atoms with Crippen molar-refractivity contribution in [3.05, 3.63) is 29.8 Å². The van der Waals surface area contributed by atoms with E-state index in [0.29, 0.717) is 24.8 Å². The van der Waals surface area contributed by atoms with E-state index in [-0.39, 0.29) is 12.7 Å². The molecule has 5 nitrogen and oxygen atoms in total. The monoisotopic (exact) mass is 316 g/mol. The summed E-state index contributed by atoms with van der Waals surface area (Å²) in [5.41, 5.74) is 0.797. The van der Waals surface area contributed by atoms with Gasteiger partial charge in [0.25, 0.3) is 0 Å². The molecule has 0 spiro atoms. The average Bonchev–Trinajstić information content (AvgIpc) is 2.52. The highest BCUT2D eigenvalue weighted by atomic mass is 16.6. The van der Waals surface area contributed by atoms with Gasteiger partial charge in [-0.2, -0.15) is 5.26 Å². The molecule has 1 saturated heterocycles. The van der Waals surface area contributed by atoms with Crippen LogP contribution in [0.4, 0.5) is 4.79 Å². The third-order valence-corrected chi connectivity index (χ3v) is 3.80. The van der Waals surface area contributed by atoms with Gasteiger partial charge in [-0.3, -0.25) is 0 Å². The maximum atomic E-state index is 12.1. The van der Waals surface area contributed by atoms with E-state index in [2.05, 4.69) is 0 Å². The first-order valence-electron chi connectivity index (χ1n) is 7.96. The maximum absolute atomic E-state index is 12.1. The first kappa shape index (κ1) is 17.1. The molecule has 0 aromatic heterocycles. The van der Waals surface area contributed by atoms with E-state index >= 15 is 0 Å². The zero-order valence-corrected chi connectivity index (χ0v) is 14.0. The summed E-state index contributed by atoms with van der Waals surface area (Å²) >= 11 is 0. The summed E-state index contributed by atoms with van der Waals surface area (Å²) in [6, 6.07) is 9.83. The van der Waals surface area contributed by atoms with Crippen molar-refractivity contribution in [2.75, 3.05) is 19.7 Å². The van der Waals surface area contributed by atoms with Crippen LogP contribution in [0.25, 0.3) is 0 Å². The van der Waals surface area contributed by atoms with Crippen molar-refractivity contribution >= 4 is 6.09 Å². The Labute approximate surface area is 137 Å². The maximum Gasteiger partial charge on any atom is 0.410 e. The van der Waals surface area contributed by atoms with Crippen LogP contribution >= 0.6 is 0 Å². The van der Waals surface area contributed by atoms with Crippen LogP contribution in [0.5, 0.6) is 5.75 Å². The average molecular weight is 316 g/mol. The molecule has 1 heterocycles. The first-order valence-corrected chi connectivity index (χ1v) is 7.96. The van der Waals surface area contributed by atoms with E-state index < -0.39 is 5.60 Å². The van der Waals surface area contributed by atoms with Gasteiger partial charge in [-0.25, -0.2) is 4.79 Å². The summed E-state index contributed by atoms with van der Waals surface area (Å²) in [6.07, 6.45) is 1.63. The van der Waals surface area contributed by atoms with Gasteiger partial charge in [-0.15, -0.1) is 0 Å². The van der Waals surface area contributed by atoms with Gasteiger partial charge in [-0.05, 0) is 57.2 Å². The summed E-state index contributed by atoms with van der Waals surface area (Å²) in [4.78, 5) is 13.8. The molecular weight excluding hydrogens is 292 g/mol. The minimum Gasteiger partial charge on any atom is -0.479 e. The highest BCUT2D eigenvalue weighted by Crippen LogP contribution is 2.29. The minimum atomic E-state index is -0.451. The summed E-state index contributed by atoms with van der Waals surface area (Å²) in [5.74, 6) is 1.15. The van der Waals surface area contributed by atoms with Crippen molar-refractivity contribution in [1.82, 2.24) is 4.90 Å². The van der Waals surface area contributed by atoms with E-state index in [0.717, 1.165) is 12.8 Å². The van der Waals surface area contributed by atoms with Crippen LogP contribution in [0.2, 0.25) is 0 Å². The fraction of sp³-hybridized carbons (Fsp3) is 0.556. The van der Waals surface area contributed by atoms with Crippen LogP contribution in [0.3, 0.4) is 0 Å². The molecule has 2 rings (SSSR count). The van der Waals surface area contributed by atoms with Crippen molar-refractivity contribution < 1.29 is 14.3 Å². The SMILES string of the molecule is CC(C)(C)OC(=O)N1CCC(c2ccc(OCC#N)cc2)CC1. The summed E-state index contributed by atoms with van der Waals surface area (Å²) < 4.78 is 10.7. The number of hydrogen-bond donors (Lipinski definition) is 0. The number of piperidine rings is 1. The smallest absolute Gasteiger partial charge is 0.410 e. The number of nitrogens with zero attached hydrogens (tertiary/aromatic N) is 2. The summed E-state index contributed by atoms with van der Waals surface area (Å²) in [5, 5.41) is 8.51. The number of likely N-dealkylation sites (tertiary alicyclic amines) is 1. The molecular formula is C18H24N2O3. The number of nitriles is 1. The molecule has 1 amide bonds. The lowest BCUT2D eigenvalue weighted by Crippen LogP contribution is -2.41. The van der Waals surface area contributed by atoms with Crippen molar-refractivity contribution in [2.45, 2.75) is 45.1 Å². The van der Waals surface area contributed by atoms with Crippen LogP contribution in [0.1, 0.15) is 45.1 Å². The van der Waals surface area contributed by atoms with E-state index in [1.807, 2.05) is 51.1 Å². The van der Waals surface area contributed by atoms with Crippen LogP contribution < -0.4 is 4.74 Å². The van der Waals surface area contributed by atoms with Crippen molar-refractivity contribution in [1.29, 1.82) is 5.26 Å². The molecule has 1 aliphatic heterocycles. The largest absolute Gasteiger partial charge is 0.479 e. The van der Waals surface area contributed by atoms with Gasteiger partial charge in [0.1, 0.15) is 17.4 Å². The lowest BCUT2D eigenvalue weighted by Gasteiger charge is -2.33. The number of carbonyl (C=O) groups excluding carboxylic acids is 1. The molecule has 0 radical (unpaired) electrons. The number of benzene rings is 1. The second kappa shape index (κ2) is 7.36. The molecule has 0 N–H and O–H groups in total. The Morgan fingerprint density at radius 2 is 1.87 bits per heavy atom. The van der Waals surface area contributed by atoms with Gasteiger partial charge >= 0.3 is 6.09 Å². The molecule has 0 atom stereocenters. The quantitative estimate of drug-likeness (QED) is 0.853. The van der Waals surface area contributed by atoms with Gasteiger partial charge < -0.3 is 14.4 Å². The van der Waals surface area contributed by atoms with Crippen LogP contribution in [0.15, 0.2) is 24.3 Å². The summed E-state index contributed by atoms with van der Waals surface area (Å²) in [6.45, 7) is 7.14. The Balaban J connectivity index is 1.87. The predicted octanol–water partition coefficient (Wildman–Crippen LogP) is 3.70. The second-order valence-electron chi connectivity index (χ2n) is 6.76. The van der Waals surface area contributed by atoms with Gasteiger partial charge in [-0.1, -0.05) is 12.1 Å². The fourth-order valence-corrected chi connectivity index (χ4v) is 2.67. The molecule has 0 bridgehead atoms. The Morgan fingerprint density at radius 1 is 1.26 bits per heavy atom. The third-order valence-electron chi connectivity index (χ3n) is 3.80. The highest BCUT2D eigenvalue weighted by Gasteiger charge is 2.27. The lowest BCUT2D eigenvalue weighted by atomic mass is 9.89. The van der Waals surface area contributed by atoms with Crippen molar-refractivity contribution in [3.8, 4) is 11.8 Å². The Morgan fingerprint density at radius 3 is 2.39 bits per heavy atom. The number of hydrogen-bond acceptors (Lipinski definition) is 4. The molecule has 124 valence electrons. The Kier molecular flexibility index (Phi) is 5.49. The van der Waals surface area contributed by atoms with Crippen molar-refractivity contribution in [3.63, 3.8) is 0 Å². The number of rotatable bonds is 3. The topological polar surface area (TPSA) is 62.6 Å². The van der Waals surface area contributed by atoms with Gasteiger partial charge in [0.2, 0.25) is 0 Å². The molecule has 1 aromatic rings. The Hall–Kier alpha value is -2.22. The van der Waals surface area contributed by atoms with Crippen LogP contribution in [0, 0.1) is 11.3 Å². The number of carbonyl (C=O) groups is 1. The van der Waals surface area contributed by atoms with E-state index in [9.17, 15) is 4.79 Å². The van der Waals surface area contributed by atoms with Gasteiger partial charge in [0, 0.05) is 13.1 Å². The number of amides is 1. The molecule has 0 unspecified atom stereocenters. The molecule has 1 fully saturated rings. The van der Waals surface area contributed by atoms with Crippen LogP contribution in [-0.2, 0) is 4.74 Å². The molecule has 23 heavy (non-hydrogen) atoms. The molecule has 0 saturated carbocycles. The minimum absolute atomic E-state index is 0.0631. The molecule has 1 aromatic carbocycles. The first-order chi connectivity index (χ1) is 10.9. The molecule has 5 heteroatoms. The highest BCUT2D eigenvalue weighted by molar-refractivity contribution is 5.68. The molecule has 0 aliphatic carbocycles. The third kappa shape index (κ3) is 5.17. The van der Waals surface area contributed by atoms with Crippen LogP contribution in [-0.4, -0.2) is 36.3 Å². The number of ether oxygens (including phenoxy) is 2. The fourth-order valence-electron chi connectivity index (χ4n) is 2.67. The lowest BCUT2D eigenvalue weighted by molar-refractivity contribution is 0.0205. The zero-order valence-electron chi connectivity index (χ0n) is 14.0. The second-order valence-corrected chi connectivity index (χ2v) is 6.76. The Bertz CT molecular complexity index is 561.